The van der Waals surface area contributed by atoms with Gasteiger partial charge >= 0.3 is 0 Å². The molecule has 0 spiro atoms. The van der Waals surface area contributed by atoms with E-state index in [4.69, 9.17) is 15.4 Å². The number of rotatable bonds is 2. The summed E-state index contributed by atoms with van der Waals surface area (Å²) < 4.78 is 5.45. The van der Waals surface area contributed by atoms with Crippen LogP contribution in [0.15, 0.2) is 16.7 Å². The molecule has 82 valence electrons. The van der Waals surface area contributed by atoms with Crippen LogP contribution < -0.4 is 5.73 Å². The van der Waals surface area contributed by atoms with E-state index >= 15 is 0 Å². The number of thiophene rings is 1. The Bertz CT molecular complexity index is 560. The van der Waals surface area contributed by atoms with Crippen molar-refractivity contribution in [3.63, 3.8) is 0 Å². The third-order valence-electron chi connectivity index (χ3n) is 2.57. The zero-order valence-corrected chi connectivity index (χ0v) is 10.0. The van der Waals surface area contributed by atoms with Gasteiger partial charge in [-0.1, -0.05) is 6.92 Å². The minimum atomic E-state index is 0.572. The van der Waals surface area contributed by atoms with Crippen LogP contribution in [0.25, 0.3) is 10.6 Å². The highest BCUT2D eigenvalue weighted by Crippen LogP contribution is 2.40. The molecule has 0 fully saturated rings. The van der Waals surface area contributed by atoms with Crippen LogP contribution in [0.4, 0.5) is 5.69 Å². The molecule has 2 N–H and O–H groups in total. The van der Waals surface area contributed by atoms with E-state index in [1.165, 1.54) is 11.3 Å². The predicted molar refractivity (Wildman–Crippen MR) is 65.3 cm³/mol. The fourth-order valence-corrected chi connectivity index (χ4v) is 2.86. The van der Waals surface area contributed by atoms with Gasteiger partial charge in [-0.25, -0.2) is 0 Å². The summed E-state index contributed by atoms with van der Waals surface area (Å²) in [5, 5.41) is 8.97. The van der Waals surface area contributed by atoms with Gasteiger partial charge in [0.2, 0.25) is 0 Å². The smallest absolute Gasteiger partial charge is 0.147 e. The van der Waals surface area contributed by atoms with E-state index in [0.29, 0.717) is 10.6 Å². The van der Waals surface area contributed by atoms with Gasteiger partial charge in [-0.3, -0.25) is 0 Å². The van der Waals surface area contributed by atoms with Crippen LogP contribution in [0.1, 0.15) is 22.9 Å². The summed E-state index contributed by atoms with van der Waals surface area (Å²) >= 11 is 1.40. The first-order chi connectivity index (χ1) is 7.69. The molecule has 3 nitrogen and oxygen atoms in total. The monoisotopic (exact) mass is 232 g/mol. The van der Waals surface area contributed by atoms with E-state index in [0.717, 1.165) is 28.2 Å². The fourth-order valence-electron chi connectivity index (χ4n) is 1.70. The first-order valence-electron chi connectivity index (χ1n) is 5.04. The molecule has 0 aliphatic carbocycles. The van der Waals surface area contributed by atoms with Crippen molar-refractivity contribution in [2.45, 2.75) is 20.3 Å². The lowest BCUT2D eigenvalue weighted by molar-refractivity contribution is 0.581. The maximum atomic E-state index is 8.97. The molecule has 2 rings (SSSR count). The van der Waals surface area contributed by atoms with Crippen molar-refractivity contribution in [1.29, 1.82) is 5.26 Å². The summed E-state index contributed by atoms with van der Waals surface area (Å²) in [5.41, 5.74) is 8.61. The Kier molecular flexibility index (Phi) is 2.71. The standard InChI is InChI=1S/C12H12N2OS/c1-3-8-10(14)9(6-13)16-12(8)11-7(2)4-5-15-11/h4-5H,3,14H2,1-2H3. The third-order valence-corrected chi connectivity index (χ3v) is 3.72. The van der Waals surface area contributed by atoms with Gasteiger partial charge in [0, 0.05) is 0 Å². The van der Waals surface area contributed by atoms with Crippen molar-refractivity contribution in [3.8, 4) is 16.7 Å². The Morgan fingerprint density at radius 2 is 2.31 bits per heavy atom. The Morgan fingerprint density at radius 1 is 1.56 bits per heavy atom. The predicted octanol–water partition coefficient (Wildman–Crippen LogP) is 3.33. The minimum absolute atomic E-state index is 0.572. The molecule has 2 aromatic heterocycles. The summed E-state index contributed by atoms with van der Waals surface area (Å²) in [6.45, 7) is 4.02. The van der Waals surface area contributed by atoms with Crippen molar-refractivity contribution in [3.05, 3.63) is 28.3 Å². The highest BCUT2D eigenvalue weighted by atomic mass is 32.1. The van der Waals surface area contributed by atoms with Gasteiger partial charge in [0.25, 0.3) is 0 Å². The van der Waals surface area contributed by atoms with E-state index in [1.54, 1.807) is 6.26 Å². The van der Waals surface area contributed by atoms with Gasteiger partial charge in [-0.15, -0.1) is 11.3 Å². The highest BCUT2D eigenvalue weighted by molar-refractivity contribution is 7.16. The van der Waals surface area contributed by atoms with E-state index in [-0.39, 0.29) is 0 Å². The molecule has 2 aromatic rings. The zero-order valence-electron chi connectivity index (χ0n) is 9.20. The lowest BCUT2D eigenvalue weighted by atomic mass is 10.1. The average molecular weight is 232 g/mol. The Hall–Kier alpha value is -1.73. The van der Waals surface area contributed by atoms with Crippen LogP contribution in [0, 0.1) is 18.3 Å². The highest BCUT2D eigenvalue weighted by Gasteiger charge is 2.18. The Balaban J connectivity index is 2.67. The molecule has 16 heavy (non-hydrogen) atoms. The maximum Gasteiger partial charge on any atom is 0.147 e. The number of aryl methyl sites for hydroxylation is 1. The molecule has 0 aliphatic rings. The second-order valence-corrected chi connectivity index (χ2v) is 4.57. The number of nitriles is 1. The molecular formula is C12H12N2OS. The largest absolute Gasteiger partial charge is 0.463 e. The molecule has 0 aliphatic heterocycles. The molecule has 0 bridgehead atoms. The van der Waals surface area contributed by atoms with Gasteiger partial charge in [0.05, 0.1) is 16.8 Å². The first kappa shape index (κ1) is 10.8. The Labute approximate surface area is 98.1 Å². The zero-order chi connectivity index (χ0) is 11.7. The number of nitrogens with two attached hydrogens (primary N) is 1. The summed E-state index contributed by atoms with van der Waals surface area (Å²) in [7, 11) is 0. The molecule has 4 heteroatoms. The molecule has 0 unspecified atom stereocenters. The maximum absolute atomic E-state index is 8.97. The second-order valence-electron chi connectivity index (χ2n) is 3.55. The van der Waals surface area contributed by atoms with Crippen LogP contribution in [-0.2, 0) is 6.42 Å². The topological polar surface area (TPSA) is 63.0 Å². The van der Waals surface area contributed by atoms with E-state index < -0.39 is 0 Å². The first-order valence-corrected chi connectivity index (χ1v) is 5.86. The van der Waals surface area contributed by atoms with Crippen LogP contribution >= 0.6 is 11.3 Å². The van der Waals surface area contributed by atoms with Crippen LogP contribution in [0.3, 0.4) is 0 Å². The molecule has 0 aromatic carbocycles. The van der Waals surface area contributed by atoms with Crippen molar-refractivity contribution in [2.75, 3.05) is 5.73 Å². The number of hydrogen-bond acceptors (Lipinski definition) is 4. The molecule has 0 amide bonds. The van der Waals surface area contributed by atoms with E-state index in [2.05, 4.69) is 6.07 Å². The van der Waals surface area contributed by atoms with Crippen LogP contribution in [0.5, 0.6) is 0 Å². The summed E-state index contributed by atoms with van der Waals surface area (Å²) in [5.74, 6) is 0.829. The van der Waals surface area contributed by atoms with Crippen molar-refractivity contribution < 1.29 is 4.42 Å². The van der Waals surface area contributed by atoms with Gasteiger partial charge in [-0.05, 0) is 30.5 Å². The molecular weight excluding hydrogens is 220 g/mol. The number of nitrogen functional groups attached to an aromatic ring is 1. The van der Waals surface area contributed by atoms with Crippen molar-refractivity contribution in [1.82, 2.24) is 0 Å². The Morgan fingerprint density at radius 3 is 2.81 bits per heavy atom. The minimum Gasteiger partial charge on any atom is -0.463 e. The SMILES string of the molecule is CCc1c(-c2occc2C)sc(C#N)c1N. The van der Waals surface area contributed by atoms with E-state index in [9.17, 15) is 0 Å². The number of hydrogen-bond donors (Lipinski definition) is 1. The van der Waals surface area contributed by atoms with Crippen LogP contribution in [0.2, 0.25) is 0 Å². The number of furan rings is 1. The van der Waals surface area contributed by atoms with Gasteiger partial charge in [0.15, 0.2) is 0 Å². The van der Waals surface area contributed by atoms with Gasteiger partial charge in [0.1, 0.15) is 16.7 Å². The third kappa shape index (κ3) is 1.50. The molecule has 0 saturated heterocycles. The van der Waals surface area contributed by atoms with Gasteiger partial charge < -0.3 is 10.2 Å². The molecule has 0 radical (unpaired) electrons. The lowest BCUT2D eigenvalue weighted by Gasteiger charge is -2.00. The van der Waals surface area contributed by atoms with Crippen LogP contribution in [-0.4, -0.2) is 0 Å². The number of nitrogens with zero attached hydrogens (tertiary/aromatic N) is 1. The molecule has 0 atom stereocenters. The average Bonchev–Trinajstić information content (AvgIpc) is 2.82. The normalized spacial score (nSPS) is 10.3. The van der Waals surface area contributed by atoms with Crippen molar-refractivity contribution in [2.24, 2.45) is 0 Å². The summed E-state index contributed by atoms with van der Waals surface area (Å²) in [4.78, 5) is 1.56. The van der Waals surface area contributed by atoms with Crippen molar-refractivity contribution >= 4 is 17.0 Å². The summed E-state index contributed by atoms with van der Waals surface area (Å²) in [6, 6.07) is 4.04. The molecule has 0 saturated carbocycles. The molecule has 2 heterocycles. The quantitative estimate of drug-likeness (QED) is 0.863. The second kappa shape index (κ2) is 4.03. The van der Waals surface area contributed by atoms with E-state index in [1.807, 2.05) is 19.9 Å². The number of anilines is 1. The lowest BCUT2D eigenvalue weighted by Crippen LogP contribution is -1.91. The van der Waals surface area contributed by atoms with Gasteiger partial charge in [-0.2, -0.15) is 5.26 Å². The fraction of sp³-hybridized carbons (Fsp3) is 0.250. The summed E-state index contributed by atoms with van der Waals surface area (Å²) in [6.07, 6.45) is 2.46.